The lowest BCUT2D eigenvalue weighted by atomic mass is 10.1. The van der Waals surface area contributed by atoms with Gasteiger partial charge in [0.25, 0.3) is 0 Å². The molecular weight excluding hydrogens is 266 g/mol. The normalized spacial score (nSPS) is 12.8. The van der Waals surface area contributed by atoms with Crippen LogP contribution >= 0.6 is 0 Å². The molecule has 0 unspecified atom stereocenters. The molecule has 1 amide bonds. The third-order valence-electron chi connectivity index (χ3n) is 3.68. The van der Waals surface area contributed by atoms with E-state index in [1.54, 1.807) is 7.11 Å². The number of nitrogen functional groups attached to an aromatic ring is 1. The van der Waals surface area contributed by atoms with Crippen LogP contribution in [-0.2, 0) is 11.2 Å². The first-order valence-corrected chi connectivity index (χ1v) is 6.68. The van der Waals surface area contributed by atoms with Crippen molar-refractivity contribution < 1.29 is 9.53 Å². The second-order valence-electron chi connectivity index (χ2n) is 5.05. The second-order valence-corrected chi connectivity index (χ2v) is 5.05. The molecule has 0 fully saturated rings. The first kappa shape index (κ1) is 13.3. The van der Waals surface area contributed by atoms with E-state index in [1.165, 1.54) is 0 Å². The van der Waals surface area contributed by atoms with Gasteiger partial charge in [0, 0.05) is 24.5 Å². The molecule has 2 aromatic carbocycles. The number of rotatable bonds is 3. The molecule has 1 aliphatic heterocycles. The number of nitrogens with zero attached hydrogens (tertiary/aromatic N) is 1. The maximum Gasteiger partial charge on any atom is 0.228 e. The lowest BCUT2D eigenvalue weighted by Crippen LogP contribution is -2.12. The van der Waals surface area contributed by atoms with Crippen LogP contribution in [0.15, 0.2) is 36.4 Å². The van der Waals surface area contributed by atoms with E-state index in [1.807, 2.05) is 48.3 Å². The van der Waals surface area contributed by atoms with E-state index < -0.39 is 0 Å². The van der Waals surface area contributed by atoms with Crippen LogP contribution in [0.2, 0.25) is 0 Å². The number of carbonyl (C=O) groups is 1. The summed E-state index contributed by atoms with van der Waals surface area (Å²) >= 11 is 0. The minimum absolute atomic E-state index is 0.00517. The fraction of sp³-hybridized carbons (Fsp3) is 0.188. The molecule has 0 aliphatic carbocycles. The molecule has 1 heterocycles. The molecule has 0 bridgehead atoms. The molecule has 0 spiro atoms. The highest BCUT2D eigenvalue weighted by Crippen LogP contribution is 2.36. The Morgan fingerprint density at radius 2 is 2.10 bits per heavy atom. The van der Waals surface area contributed by atoms with Gasteiger partial charge in [-0.3, -0.25) is 4.79 Å². The van der Waals surface area contributed by atoms with E-state index in [0.29, 0.717) is 12.1 Å². The fourth-order valence-electron chi connectivity index (χ4n) is 2.53. The Labute approximate surface area is 123 Å². The van der Waals surface area contributed by atoms with Crippen LogP contribution in [0.25, 0.3) is 0 Å². The van der Waals surface area contributed by atoms with Gasteiger partial charge in [-0.15, -0.1) is 0 Å². The number of carbonyl (C=O) groups excluding carboxylic acids is 1. The molecule has 108 valence electrons. The lowest BCUT2D eigenvalue weighted by molar-refractivity contribution is -0.115. The van der Waals surface area contributed by atoms with Gasteiger partial charge in [0.05, 0.1) is 24.9 Å². The number of ether oxygens (including phenoxy) is 1. The Balaban J connectivity index is 2.00. The molecule has 0 saturated carbocycles. The van der Waals surface area contributed by atoms with Crippen LogP contribution in [0.4, 0.5) is 22.7 Å². The van der Waals surface area contributed by atoms with Crippen LogP contribution in [0.5, 0.6) is 5.75 Å². The summed E-state index contributed by atoms with van der Waals surface area (Å²) in [4.78, 5) is 13.4. The molecule has 0 radical (unpaired) electrons. The van der Waals surface area contributed by atoms with Crippen LogP contribution in [0.1, 0.15) is 5.56 Å². The standard InChI is InChI=1S/C16H17N3O2/c1-19(11-4-3-5-12(8-11)21-2)15-9-14-10(6-13(15)17)7-16(20)18-14/h3-6,8-9H,7,17H2,1-2H3,(H,18,20). The molecule has 0 aromatic heterocycles. The minimum Gasteiger partial charge on any atom is -0.497 e. The predicted octanol–water partition coefficient (Wildman–Crippen LogP) is 2.54. The van der Waals surface area contributed by atoms with E-state index in [9.17, 15) is 4.79 Å². The molecule has 5 nitrogen and oxygen atoms in total. The van der Waals surface area contributed by atoms with Gasteiger partial charge in [0.2, 0.25) is 5.91 Å². The van der Waals surface area contributed by atoms with Crippen molar-refractivity contribution in [2.75, 3.05) is 30.1 Å². The van der Waals surface area contributed by atoms with Crippen molar-refractivity contribution in [2.24, 2.45) is 0 Å². The highest BCUT2D eigenvalue weighted by molar-refractivity contribution is 6.01. The topological polar surface area (TPSA) is 67.6 Å². The Bertz CT molecular complexity index is 713. The number of fused-ring (bicyclic) bond motifs is 1. The summed E-state index contributed by atoms with van der Waals surface area (Å²) < 4.78 is 5.24. The summed E-state index contributed by atoms with van der Waals surface area (Å²) in [6.45, 7) is 0. The van der Waals surface area contributed by atoms with E-state index >= 15 is 0 Å². The molecule has 3 rings (SSSR count). The molecule has 2 aromatic rings. The van der Waals surface area contributed by atoms with Crippen molar-refractivity contribution in [2.45, 2.75) is 6.42 Å². The third-order valence-corrected chi connectivity index (χ3v) is 3.68. The number of hydrogen-bond donors (Lipinski definition) is 2. The van der Waals surface area contributed by atoms with Crippen molar-refractivity contribution in [3.63, 3.8) is 0 Å². The summed E-state index contributed by atoms with van der Waals surface area (Å²) in [5, 5.41) is 2.85. The van der Waals surface area contributed by atoms with E-state index in [2.05, 4.69) is 5.32 Å². The van der Waals surface area contributed by atoms with Gasteiger partial charge >= 0.3 is 0 Å². The monoisotopic (exact) mass is 283 g/mol. The van der Waals surface area contributed by atoms with Gasteiger partial charge in [-0.25, -0.2) is 0 Å². The maximum absolute atomic E-state index is 11.5. The van der Waals surface area contributed by atoms with Crippen LogP contribution < -0.4 is 20.7 Å². The zero-order valence-corrected chi connectivity index (χ0v) is 12.0. The number of benzene rings is 2. The Morgan fingerprint density at radius 1 is 1.29 bits per heavy atom. The Hall–Kier alpha value is -2.69. The summed E-state index contributed by atoms with van der Waals surface area (Å²) in [5.41, 5.74) is 10.4. The molecule has 3 N–H and O–H groups in total. The molecule has 0 atom stereocenters. The number of methoxy groups -OCH3 is 1. The quantitative estimate of drug-likeness (QED) is 0.849. The Morgan fingerprint density at radius 3 is 2.86 bits per heavy atom. The SMILES string of the molecule is COc1cccc(N(C)c2cc3c(cc2N)CC(=O)N3)c1. The second kappa shape index (κ2) is 5.01. The third kappa shape index (κ3) is 2.38. The van der Waals surface area contributed by atoms with Crippen molar-refractivity contribution >= 4 is 28.7 Å². The van der Waals surface area contributed by atoms with Gasteiger partial charge in [-0.1, -0.05) is 6.07 Å². The lowest BCUT2D eigenvalue weighted by Gasteiger charge is -2.22. The molecule has 0 saturated heterocycles. The van der Waals surface area contributed by atoms with Gasteiger partial charge in [0.1, 0.15) is 5.75 Å². The first-order valence-electron chi connectivity index (χ1n) is 6.68. The van der Waals surface area contributed by atoms with Crippen molar-refractivity contribution in [1.82, 2.24) is 0 Å². The average molecular weight is 283 g/mol. The molecular formula is C16H17N3O2. The molecule has 21 heavy (non-hydrogen) atoms. The van der Waals surface area contributed by atoms with Crippen molar-refractivity contribution in [1.29, 1.82) is 0 Å². The molecule has 5 heteroatoms. The summed E-state index contributed by atoms with van der Waals surface area (Å²) in [5.74, 6) is 0.790. The predicted molar refractivity (Wildman–Crippen MR) is 84.2 cm³/mol. The largest absolute Gasteiger partial charge is 0.497 e. The zero-order chi connectivity index (χ0) is 15.0. The number of anilines is 4. The van der Waals surface area contributed by atoms with E-state index in [-0.39, 0.29) is 5.91 Å². The van der Waals surface area contributed by atoms with Crippen molar-refractivity contribution in [3.8, 4) is 5.75 Å². The summed E-state index contributed by atoms with van der Waals surface area (Å²) in [6, 6.07) is 11.5. The number of nitrogens with one attached hydrogen (secondary N) is 1. The molecule has 1 aliphatic rings. The summed E-state index contributed by atoms with van der Waals surface area (Å²) in [7, 11) is 3.57. The highest BCUT2D eigenvalue weighted by Gasteiger charge is 2.20. The average Bonchev–Trinajstić information content (AvgIpc) is 2.84. The van der Waals surface area contributed by atoms with Crippen LogP contribution in [0, 0.1) is 0 Å². The number of hydrogen-bond acceptors (Lipinski definition) is 4. The minimum atomic E-state index is 0.00517. The maximum atomic E-state index is 11.5. The van der Waals surface area contributed by atoms with Gasteiger partial charge < -0.3 is 20.7 Å². The van der Waals surface area contributed by atoms with Gasteiger partial charge in [0.15, 0.2) is 0 Å². The van der Waals surface area contributed by atoms with Crippen LogP contribution in [-0.4, -0.2) is 20.1 Å². The van der Waals surface area contributed by atoms with E-state index in [0.717, 1.165) is 28.4 Å². The van der Waals surface area contributed by atoms with Gasteiger partial charge in [-0.05, 0) is 29.8 Å². The summed E-state index contributed by atoms with van der Waals surface area (Å²) in [6.07, 6.45) is 0.392. The smallest absolute Gasteiger partial charge is 0.228 e. The first-order chi connectivity index (χ1) is 10.1. The number of amides is 1. The van der Waals surface area contributed by atoms with Crippen molar-refractivity contribution in [3.05, 3.63) is 42.0 Å². The number of nitrogens with two attached hydrogens (primary N) is 1. The van der Waals surface area contributed by atoms with Gasteiger partial charge in [-0.2, -0.15) is 0 Å². The fourth-order valence-corrected chi connectivity index (χ4v) is 2.53. The van der Waals surface area contributed by atoms with E-state index in [4.69, 9.17) is 10.5 Å². The highest BCUT2D eigenvalue weighted by atomic mass is 16.5. The Kier molecular flexibility index (Phi) is 3.17. The zero-order valence-electron chi connectivity index (χ0n) is 12.0. The van der Waals surface area contributed by atoms with Crippen LogP contribution in [0.3, 0.4) is 0 Å².